The van der Waals surface area contributed by atoms with Crippen molar-refractivity contribution in [2.45, 2.75) is 26.2 Å². The van der Waals surface area contributed by atoms with Gasteiger partial charge in [-0.25, -0.2) is 0 Å². The Labute approximate surface area is 88.4 Å². The number of carbonyl (C=O) groups is 1. The standard InChI is InChI=1S/C12H13NO2/c1-7(2)8-4-3-5-9-10(8)6-11(13-15)12(9)14/h3-5,7,15H,6H2,1-2H3/b13-11+. The van der Waals surface area contributed by atoms with Gasteiger partial charge in [0.2, 0.25) is 5.78 Å². The van der Waals surface area contributed by atoms with E-state index in [0.717, 1.165) is 5.56 Å². The number of Topliss-reactive ketones (excluding diaryl/α,β-unsaturated/α-hetero) is 1. The predicted octanol–water partition coefficient (Wildman–Crippen LogP) is 2.38. The van der Waals surface area contributed by atoms with Gasteiger partial charge < -0.3 is 5.21 Å². The first-order valence-corrected chi connectivity index (χ1v) is 5.02. The van der Waals surface area contributed by atoms with Crippen LogP contribution in [-0.4, -0.2) is 16.7 Å². The molecule has 1 aliphatic rings. The zero-order valence-corrected chi connectivity index (χ0v) is 8.82. The Morgan fingerprint density at radius 1 is 1.40 bits per heavy atom. The van der Waals surface area contributed by atoms with Crippen LogP contribution in [0, 0.1) is 0 Å². The average molecular weight is 203 g/mol. The Bertz CT molecular complexity index is 447. The second kappa shape index (κ2) is 3.50. The van der Waals surface area contributed by atoms with E-state index >= 15 is 0 Å². The molecule has 0 unspecified atom stereocenters. The molecule has 78 valence electrons. The van der Waals surface area contributed by atoms with E-state index < -0.39 is 0 Å². The Kier molecular flexibility index (Phi) is 2.31. The van der Waals surface area contributed by atoms with E-state index in [1.165, 1.54) is 5.56 Å². The van der Waals surface area contributed by atoms with Crippen LogP contribution in [0.25, 0.3) is 0 Å². The first-order valence-electron chi connectivity index (χ1n) is 5.02. The van der Waals surface area contributed by atoms with Crippen molar-refractivity contribution in [1.82, 2.24) is 0 Å². The Morgan fingerprint density at radius 2 is 2.13 bits per heavy atom. The smallest absolute Gasteiger partial charge is 0.211 e. The molecular weight excluding hydrogens is 190 g/mol. The Balaban J connectivity index is 2.58. The molecule has 0 saturated heterocycles. The van der Waals surface area contributed by atoms with Gasteiger partial charge in [0, 0.05) is 12.0 Å². The molecule has 3 nitrogen and oxygen atoms in total. The second-order valence-corrected chi connectivity index (χ2v) is 4.08. The number of hydrogen-bond donors (Lipinski definition) is 1. The van der Waals surface area contributed by atoms with Crippen molar-refractivity contribution in [3.63, 3.8) is 0 Å². The van der Waals surface area contributed by atoms with Crippen molar-refractivity contribution in [1.29, 1.82) is 0 Å². The fourth-order valence-corrected chi connectivity index (χ4v) is 2.04. The van der Waals surface area contributed by atoms with Crippen LogP contribution in [0.1, 0.15) is 41.3 Å². The van der Waals surface area contributed by atoms with Gasteiger partial charge in [-0.2, -0.15) is 0 Å². The molecule has 0 radical (unpaired) electrons. The maximum absolute atomic E-state index is 11.7. The molecular formula is C12H13NO2. The number of oxime groups is 1. The highest BCUT2D eigenvalue weighted by molar-refractivity contribution is 6.49. The van der Waals surface area contributed by atoms with E-state index in [4.69, 9.17) is 5.21 Å². The van der Waals surface area contributed by atoms with Gasteiger partial charge in [0.25, 0.3) is 0 Å². The molecule has 0 heterocycles. The summed E-state index contributed by atoms with van der Waals surface area (Å²) in [6.45, 7) is 4.18. The molecule has 0 atom stereocenters. The average Bonchev–Trinajstić information content (AvgIpc) is 2.55. The SMILES string of the molecule is CC(C)c1cccc2c1C/C(=N\O)C2=O. The monoisotopic (exact) mass is 203 g/mol. The molecule has 0 spiro atoms. The molecule has 15 heavy (non-hydrogen) atoms. The summed E-state index contributed by atoms with van der Waals surface area (Å²) in [6, 6.07) is 5.70. The molecule has 0 saturated carbocycles. The summed E-state index contributed by atoms with van der Waals surface area (Å²) in [5, 5.41) is 11.8. The molecule has 1 aromatic carbocycles. The van der Waals surface area contributed by atoms with Gasteiger partial charge in [-0.1, -0.05) is 37.2 Å². The van der Waals surface area contributed by atoms with E-state index in [0.29, 0.717) is 17.9 Å². The predicted molar refractivity (Wildman–Crippen MR) is 57.8 cm³/mol. The van der Waals surface area contributed by atoms with E-state index in [-0.39, 0.29) is 11.5 Å². The molecule has 2 rings (SSSR count). The largest absolute Gasteiger partial charge is 0.411 e. The first kappa shape index (κ1) is 9.90. The minimum absolute atomic E-state index is 0.144. The lowest BCUT2D eigenvalue weighted by molar-refractivity contribution is 0.106. The lowest BCUT2D eigenvalue weighted by Gasteiger charge is -2.09. The summed E-state index contributed by atoms with van der Waals surface area (Å²) in [6.07, 6.45) is 0.457. The van der Waals surface area contributed by atoms with E-state index in [1.54, 1.807) is 6.07 Å². The fourth-order valence-electron chi connectivity index (χ4n) is 2.04. The van der Waals surface area contributed by atoms with Crippen LogP contribution in [-0.2, 0) is 6.42 Å². The summed E-state index contributed by atoms with van der Waals surface area (Å²) < 4.78 is 0. The van der Waals surface area contributed by atoms with E-state index in [9.17, 15) is 4.79 Å². The third kappa shape index (κ3) is 1.44. The molecule has 0 fully saturated rings. The van der Waals surface area contributed by atoms with Crippen molar-refractivity contribution in [3.8, 4) is 0 Å². The first-order chi connectivity index (χ1) is 7.15. The van der Waals surface area contributed by atoms with Crippen LogP contribution in [0.4, 0.5) is 0 Å². The van der Waals surface area contributed by atoms with E-state index in [1.807, 2.05) is 12.1 Å². The zero-order valence-electron chi connectivity index (χ0n) is 8.82. The number of carbonyl (C=O) groups excluding carboxylic acids is 1. The maximum atomic E-state index is 11.7. The van der Waals surface area contributed by atoms with Gasteiger partial charge in [-0.3, -0.25) is 4.79 Å². The summed E-state index contributed by atoms with van der Waals surface area (Å²) in [5.41, 5.74) is 3.12. The third-order valence-electron chi connectivity index (χ3n) is 2.81. The summed E-state index contributed by atoms with van der Waals surface area (Å²) in [4.78, 5) is 11.7. The number of nitrogens with zero attached hydrogens (tertiary/aromatic N) is 1. The van der Waals surface area contributed by atoms with Gasteiger partial charge in [0.15, 0.2) is 0 Å². The van der Waals surface area contributed by atoms with Crippen LogP contribution in [0.3, 0.4) is 0 Å². The molecule has 0 aliphatic heterocycles. The minimum Gasteiger partial charge on any atom is -0.411 e. The summed E-state index contributed by atoms with van der Waals surface area (Å²) in [5.74, 6) is 0.237. The van der Waals surface area contributed by atoms with Gasteiger partial charge >= 0.3 is 0 Å². The van der Waals surface area contributed by atoms with Gasteiger partial charge in [0.05, 0.1) is 0 Å². The quantitative estimate of drug-likeness (QED) is 0.562. The van der Waals surface area contributed by atoms with Crippen LogP contribution in [0.2, 0.25) is 0 Å². The number of hydrogen-bond acceptors (Lipinski definition) is 3. The van der Waals surface area contributed by atoms with Crippen molar-refractivity contribution >= 4 is 11.5 Å². The normalized spacial score (nSPS) is 17.5. The van der Waals surface area contributed by atoms with Crippen LogP contribution in [0.15, 0.2) is 23.4 Å². The molecule has 1 aliphatic carbocycles. The van der Waals surface area contributed by atoms with Crippen molar-refractivity contribution in [3.05, 3.63) is 34.9 Å². The topological polar surface area (TPSA) is 49.7 Å². The highest BCUT2D eigenvalue weighted by Gasteiger charge is 2.29. The minimum atomic E-state index is -0.144. The third-order valence-corrected chi connectivity index (χ3v) is 2.81. The van der Waals surface area contributed by atoms with Crippen LogP contribution >= 0.6 is 0 Å². The molecule has 3 heteroatoms. The highest BCUT2D eigenvalue weighted by Crippen LogP contribution is 2.28. The molecule has 0 bridgehead atoms. The zero-order chi connectivity index (χ0) is 11.0. The van der Waals surface area contributed by atoms with Crippen molar-refractivity contribution < 1.29 is 10.0 Å². The summed E-state index contributed by atoms with van der Waals surface area (Å²) >= 11 is 0. The number of benzene rings is 1. The van der Waals surface area contributed by atoms with Crippen LogP contribution < -0.4 is 0 Å². The molecule has 1 aromatic rings. The van der Waals surface area contributed by atoms with Crippen molar-refractivity contribution in [2.24, 2.45) is 5.16 Å². The lowest BCUT2D eigenvalue weighted by atomic mass is 9.95. The van der Waals surface area contributed by atoms with Gasteiger partial charge in [0.1, 0.15) is 5.71 Å². The number of rotatable bonds is 1. The Hall–Kier alpha value is -1.64. The van der Waals surface area contributed by atoms with Crippen molar-refractivity contribution in [2.75, 3.05) is 0 Å². The van der Waals surface area contributed by atoms with E-state index in [2.05, 4.69) is 19.0 Å². The van der Waals surface area contributed by atoms with Gasteiger partial charge in [-0.05, 0) is 17.0 Å². The number of ketones is 1. The lowest BCUT2D eigenvalue weighted by Crippen LogP contribution is -2.06. The second-order valence-electron chi connectivity index (χ2n) is 4.08. The molecule has 0 aromatic heterocycles. The molecule has 1 N–H and O–H groups in total. The number of fused-ring (bicyclic) bond motifs is 1. The Morgan fingerprint density at radius 3 is 2.73 bits per heavy atom. The molecule has 0 amide bonds. The van der Waals surface area contributed by atoms with Crippen LogP contribution in [0.5, 0.6) is 0 Å². The highest BCUT2D eigenvalue weighted by atomic mass is 16.4. The van der Waals surface area contributed by atoms with Gasteiger partial charge in [-0.15, -0.1) is 0 Å². The summed E-state index contributed by atoms with van der Waals surface area (Å²) in [7, 11) is 0. The fraction of sp³-hybridized carbons (Fsp3) is 0.333. The maximum Gasteiger partial charge on any atom is 0.211 e.